The lowest BCUT2D eigenvalue weighted by Gasteiger charge is -2.18. The van der Waals surface area contributed by atoms with Crippen LogP contribution in [0.15, 0.2) is 47.9 Å². The van der Waals surface area contributed by atoms with E-state index in [0.29, 0.717) is 17.7 Å². The number of H-pyrrole nitrogens is 1. The second-order valence-corrected chi connectivity index (χ2v) is 9.55. The van der Waals surface area contributed by atoms with E-state index in [1.807, 2.05) is 52.0 Å². The van der Waals surface area contributed by atoms with Crippen molar-refractivity contribution in [1.82, 2.24) is 15.2 Å². The van der Waals surface area contributed by atoms with Crippen LogP contribution in [0.4, 0.5) is 10.4 Å². The molecule has 2 amide bonds. The van der Waals surface area contributed by atoms with Crippen LogP contribution in [0.2, 0.25) is 0 Å². The van der Waals surface area contributed by atoms with Crippen LogP contribution in [0.1, 0.15) is 60.6 Å². The zero-order chi connectivity index (χ0) is 26.7. The average Bonchev–Trinajstić information content (AvgIpc) is 3.31. The highest BCUT2D eigenvalue weighted by atomic mass is 32.2. The lowest BCUT2D eigenvalue weighted by molar-refractivity contribution is -0.110. The van der Waals surface area contributed by atoms with Crippen molar-refractivity contribution in [2.75, 3.05) is 37.2 Å². The summed E-state index contributed by atoms with van der Waals surface area (Å²) in [6.07, 6.45) is 7.75. The van der Waals surface area contributed by atoms with Gasteiger partial charge in [-0.25, -0.2) is 0 Å². The third kappa shape index (κ3) is 10.1. The van der Waals surface area contributed by atoms with Gasteiger partial charge < -0.3 is 31.5 Å². The number of carbonyl (C=O) groups is 2. The van der Waals surface area contributed by atoms with E-state index in [0.717, 1.165) is 58.5 Å². The molecule has 2 aromatic rings. The van der Waals surface area contributed by atoms with Crippen molar-refractivity contribution in [3.05, 3.63) is 71.1 Å². The van der Waals surface area contributed by atoms with E-state index in [1.165, 1.54) is 0 Å². The van der Waals surface area contributed by atoms with Gasteiger partial charge in [-0.05, 0) is 70.6 Å². The molecule has 0 bridgehead atoms. The van der Waals surface area contributed by atoms with Gasteiger partial charge in [-0.1, -0.05) is 32.1 Å². The van der Waals surface area contributed by atoms with Crippen LogP contribution in [0.25, 0.3) is 11.6 Å². The number of fused-ring (bicyclic) bond motifs is 1. The smallest absolute Gasteiger partial charge is 0.256 e. The van der Waals surface area contributed by atoms with E-state index in [9.17, 15) is 9.59 Å². The molecule has 0 atom stereocenters. The number of hydrogen-bond acceptors (Lipinski definition) is 4. The number of halogens is 1. The molecule has 0 aliphatic carbocycles. The predicted octanol–water partition coefficient (Wildman–Crippen LogP) is 4.56. The fourth-order valence-electron chi connectivity index (χ4n) is 4.00. The summed E-state index contributed by atoms with van der Waals surface area (Å²) in [4.78, 5) is 32.3. The molecule has 8 nitrogen and oxygen atoms in total. The number of benzene rings is 1. The number of likely N-dealkylation sites (N-methyl/N-ethyl adjacent to an activating group) is 1. The van der Waals surface area contributed by atoms with Crippen molar-refractivity contribution in [2.24, 2.45) is 0 Å². The molecule has 1 aromatic carbocycles. The number of hydrogen-bond donors (Lipinski definition) is 3. The number of nitrogens with one attached hydrogen (secondary N) is 3. The van der Waals surface area contributed by atoms with Crippen molar-refractivity contribution in [3.63, 3.8) is 0 Å². The normalized spacial score (nSPS) is 12.5. The lowest BCUT2D eigenvalue weighted by Crippen LogP contribution is -2.35. The number of carbonyl (C=O) groups excluding carboxylic acids is 2. The number of aromatic amines is 1. The molecule has 0 saturated carbocycles. The van der Waals surface area contributed by atoms with E-state index in [2.05, 4.69) is 53.1 Å². The van der Waals surface area contributed by atoms with E-state index in [1.54, 1.807) is 17.8 Å². The Hall–Kier alpha value is -3.18. The zero-order valence-corrected chi connectivity index (χ0v) is 24.7. The molecule has 0 radical (unpaired) electrons. The van der Waals surface area contributed by atoms with Gasteiger partial charge in [0, 0.05) is 46.4 Å². The van der Waals surface area contributed by atoms with E-state index < -0.39 is 0 Å². The number of allylic oxidation sites excluding steroid dienone is 2. The summed E-state index contributed by atoms with van der Waals surface area (Å²) in [6, 6.07) is 6.04. The Morgan fingerprint density at radius 2 is 1.79 bits per heavy atom. The van der Waals surface area contributed by atoms with Crippen molar-refractivity contribution in [1.29, 1.82) is 0 Å². The monoisotopic (exact) mass is 564 g/mol. The number of thioether (sulfide) groups is 1. The van der Waals surface area contributed by atoms with Crippen LogP contribution in [0, 0.1) is 13.8 Å². The minimum Gasteiger partial charge on any atom is -0.412 e. The van der Waals surface area contributed by atoms with Crippen LogP contribution in [-0.2, 0) is 4.79 Å². The predicted molar refractivity (Wildman–Crippen MR) is 164 cm³/mol. The number of rotatable bonds is 10. The maximum absolute atomic E-state index is 12.9. The number of aromatic nitrogens is 1. The molecule has 0 unspecified atom stereocenters. The molecule has 7 N–H and O–H groups in total. The molecule has 0 fully saturated rings. The van der Waals surface area contributed by atoms with Crippen LogP contribution < -0.4 is 10.6 Å². The molecule has 39 heavy (non-hydrogen) atoms. The van der Waals surface area contributed by atoms with Crippen LogP contribution >= 0.6 is 11.8 Å². The highest BCUT2D eigenvalue weighted by Crippen LogP contribution is 2.36. The molecule has 1 aromatic heterocycles. The van der Waals surface area contributed by atoms with Gasteiger partial charge in [-0.15, -0.1) is 18.3 Å². The topological polar surface area (TPSA) is 140 Å². The fraction of sp³-hybridized carbons (Fsp3) is 0.379. The molecule has 1 aliphatic rings. The highest BCUT2D eigenvalue weighted by Gasteiger charge is 2.26. The number of anilines is 1. The van der Waals surface area contributed by atoms with Gasteiger partial charge in [0.15, 0.2) is 0 Å². The minimum absolute atomic E-state index is 0. The second kappa shape index (κ2) is 19.0. The summed E-state index contributed by atoms with van der Waals surface area (Å²) in [6.45, 7) is 18.7. The van der Waals surface area contributed by atoms with Gasteiger partial charge in [0.05, 0.1) is 11.1 Å². The van der Waals surface area contributed by atoms with E-state index in [4.69, 9.17) is 0 Å². The molecule has 0 spiro atoms. The van der Waals surface area contributed by atoms with Gasteiger partial charge >= 0.3 is 0 Å². The summed E-state index contributed by atoms with van der Waals surface area (Å²) in [5, 5.41) is 5.98. The van der Waals surface area contributed by atoms with Crippen LogP contribution in [-0.4, -0.2) is 64.6 Å². The molecule has 2 heterocycles. The molecular formula is C29H45FN4O4S. The maximum atomic E-state index is 12.9. The Balaban J connectivity index is 0. The largest absolute Gasteiger partial charge is 0.412 e. The summed E-state index contributed by atoms with van der Waals surface area (Å²) in [7, 11) is 0. The highest BCUT2D eigenvalue weighted by molar-refractivity contribution is 7.99. The van der Waals surface area contributed by atoms with Gasteiger partial charge in [-0.3, -0.25) is 14.3 Å². The Morgan fingerprint density at radius 3 is 2.38 bits per heavy atom. The third-order valence-electron chi connectivity index (χ3n) is 5.96. The number of amides is 2. The molecular weight excluding hydrogens is 519 g/mol. The Kier molecular flexibility index (Phi) is 18.5. The zero-order valence-electron chi connectivity index (χ0n) is 23.9. The quantitative estimate of drug-likeness (QED) is 0.221. The van der Waals surface area contributed by atoms with Crippen molar-refractivity contribution < 1.29 is 25.2 Å². The first-order valence-electron chi connectivity index (χ1n) is 12.5. The maximum Gasteiger partial charge on any atom is 0.256 e. The fourth-order valence-corrected chi connectivity index (χ4v) is 4.85. The second-order valence-electron chi connectivity index (χ2n) is 8.45. The Morgan fingerprint density at radius 1 is 1.15 bits per heavy atom. The van der Waals surface area contributed by atoms with Gasteiger partial charge in [0.25, 0.3) is 11.8 Å². The average molecular weight is 565 g/mol. The summed E-state index contributed by atoms with van der Waals surface area (Å²) < 4.78 is 0. The van der Waals surface area contributed by atoms with Crippen molar-refractivity contribution in [3.8, 4) is 0 Å². The molecule has 3 rings (SSSR count). The summed E-state index contributed by atoms with van der Waals surface area (Å²) in [5.41, 5.74) is 5.40. The van der Waals surface area contributed by atoms with Gasteiger partial charge in [-0.2, -0.15) is 0 Å². The third-order valence-corrected chi connectivity index (χ3v) is 6.90. The number of nitrogens with zero attached hydrogens (tertiary/aromatic N) is 1. The molecule has 10 heteroatoms. The SMILES string of the molecule is C/C=C/CSc1ccc2c(c1)/C(=C\c1[nH]c(C)c(C(=O)NCCN(CC)CC)c1C)C(=O)N2.C=CC.F.O.O. The first-order valence-corrected chi connectivity index (χ1v) is 13.5. The molecule has 0 saturated heterocycles. The van der Waals surface area contributed by atoms with Crippen molar-refractivity contribution >= 4 is 40.9 Å². The number of aryl methyl sites for hydroxylation is 1. The Labute approximate surface area is 236 Å². The Bertz CT molecular complexity index is 1140. The van der Waals surface area contributed by atoms with Crippen LogP contribution in [0.3, 0.4) is 0 Å². The van der Waals surface area contributed by atoms with Gasteiger partial charge in [0.2, 0.25) is 0 Å². The molecule has 218 valence electrons. The summed E-state index contributed by atoms with van der Waals surface area (Å²) in [5.74, 6) is 0.673. The first-order chi connectivity index (χ1) is 17.3. The standard InChI is InChI=1S/C26H34N4O2S.C3H6.FH.2H2O/c1-6-9-14-33-19-10-11-22-20(15-19)21(25(31)29-22)16-23-17(4)24(18(5)28-23)26(32)27-12-13-30(7-2)8-3;1-3-2;;;/h6,9-11,15-16,28H,7-8,12-14H2,1-5H3,(H,27,32)(H,29,31);3H,1H2,2H3;1H;2*1H2/b9-6+,21-16+;;;;. The van der Waals surface area contributed by atoms with E-state index >= 15 is 0 Å². The van der Waals surface area contributed by atoms with Gasteiger partial charge in [0.1, 0.15) is 0 Å². The van der Waals surface area contributed by atoms with E-state index in [-0.39, 0.29) is 27.5 Å². The van der Waals surface area contributed by atoms with Crippen molar-refractivity contribution in [2.45, 2.75) is 46.4 Å². The minimum atomic E-state index is -0.127. The summed E-state index contributed by atoms with van der Waals surface area (Å²) >= 11 is 1.73. The first kappa shape index (κ1) is 38.0. The van der Waals surface area contributed by atoms with Crippen LogP contribution in [0.5, 0.6) is 0 Å². The lowest BCUT2D eigenvalue weighted by atomic mass is 10.0. The molecule has 1 aliphatic heterocycles.